The van der Waals surface area contributed by atoms with Crippen LogP contribution in [0, 0.1) is 0 Å². The molecule has 1 aromatic carbocycles. The van der Waals surface area contributed by atoms with Crippen LogP contribution in [0.3, 0.4) is 0 Å². The highest BCUT2D eigenvalue weighted by Gasteiger charge is 2.12. The van der Waals surface area contributed by atoms with Crippen LogP contribution in [0.4, 0.5) is 0 Å². The number of nitrogens with one attached hydrogen (secondary N) is 1. The molecule has 0 radical (unpaired) electrons. The summed E-state index contributed by atoms with van der Waals surface area (Å²) in [4.78, 5) is 11.6. The molecule has 0 aliphatic rings. The van der Waals surface area contributed by atoms with Crippen molar-refractivity contribution >= 4 is 21.9 Å². The van der Waals surface area contributed by atoms with Gasteiger partial charge in [0.25, 0.3) is 0 Å². The molecular formula is C15H22BrNO4. The number of hydrogen-bond acceptors (Lipinski definition) is 5. The fourth-order valence-corrected chi connectivity index (χ4v) is 2.20. The van der Waals surface area contributed by atoms with Crippen molar-refractivity contribution in [3.05, 3.63) is 28.2 Å². The summed E-state index contributed by atoms with van der Waals surface area (Å²) in [7, 11) is 1.66. The molecule has 118 valence electrons. The first-order valence-corrected chi connectivity index (χ1v) is 7.63. The van der Waals surface area contributed by atoms with Gasteiger partial charge in [0.2, 0.25) is 0 Å². The minimum atomic E-state index is -0.376. The summed E-state index contributed by atoms with van der Waals surface area (Å²) in [5, 5.41) is 3.25. The molecule has 1 aromatic rings. The highest BCUT2D eigenvalue weighted by atomic mass is 79.9. The Labute approximate surface area is 134 Å². The first kappa shape index (κ1) is 17.9. The zero-order chi connectivity index (χ0) is 15.7. The van der Waals surface area contributed by atoms with Gasteiger partial charge in [0.05, 0.1) is 17.2 Å². The van der Waals surface area contributed by atoms with Crippen molar-refractivity contribution in [1.29, 1.82) is 0 Å². The minimum Gasteiger partial charge on any atom is -0.480 e. The highest BCUT2D eigenvalue weighted by Crippen LogP contribution is 2.29. The quantitative estimate of drug-likeness (QED) is 0.542. The Bertz CT molecular complexity index is 451. The zero-order valence-corrected chi connectivity index (χ0v) is 14.2. The van der Waals surface area contributed by atoms with Crippen LogP contribution in [0.1, 0.15) is 19.4 Å². The van der Waals surface area contributed by atoms with E-state index in [1.165, 1.54) is 0 Å². The van der Waals surface area contributed by atoms with Crippen molar-refractivity contribution in [3.63, 3.8) is 0 Å². The predicted molar refractivity (Wildman–Crippen MR) is 84.4 cm³/mol. The number of esters is 1. The Morgan fingerprint density at radius 2 is 2.14 bits per heavy atom. The molecule has 0 amide bonds. The van der Waals surface area contributed by atoms with Crippen molar-refractivity contribution in [2.24, 2.45) is 0 Å². The lowest BCUT2D eigenvalue weighted by Crippen LogP contribution is -2.21. The molecule has 0 aromatic heterocycles. The van der Waals surface area contributed by atoms with Crippen LogP contribution in [0.5, 0.6) is 5.75 Å². The van der Waals surface area contributed by atoms with Gasteiger partial charge < -0.3 is 19.5 Å². The van der Waals surface area contributed by atoms with E-state index >= 15 is 0 Å². The van der Waals surface area contributed by atoms with Crippen LogP contribution in [-0.4, -0.2) is 38.9 Å². The van der Waals surface area contributed by atoms with Gasteiger partial charge in [-0.15, -0.1) is 0 Å². The van der Waals surface area contributed by atoms with Crippen LogP contribution in [0.2, 0.25) is 0 Å². The Kier molecular flexibility index (Phi) is 8.34. The van der Waals surface area contributed by atoms with Gasteiger partial charge in [0.15, 0.2) is 6.61 Å². The molecule has 0 atom stereocenters. The fraction of sp³-hybridized carbons (Fsp3) is 0.533. The van der Waals surface area contributed by atoms with Crippen LogP contribution in [0.15, 0.2) is 22.7 Å². The third-order valence-corrected chi connectivity index (χ3v) is 3.17. The van der Waals surface area contributed by atoms with Crippen molar-refractivity contribution in [2.75, 3.05) is 26.9 Å². The van der Waals surface area contributed by atoms with E-state index in [9.17, 15) is 4.79 Å². The monoisotopic (exact) mass is 359 g/mol. The Balaban J connectivity index is 2.60. The van der Waals surface area contributed by atoms with Crippen molar-refractivity contribution in [3.8, 4) is 5.75 Å². The predicted octanol–water partition coefficient (Wildman–Crippen LogP) is 2.52. The lowest BCUT2D eigenvalue weighted by molar-refractivity contribution is -0.149. The molecule has 0 spiro atoms. The van der Waals surface area contributed by atoms with Gasteiger partial charge in [0.1, 0.15) is 5.75 Å². The summed E-state index contributed by atoms with van der Waals surface area (Å²) in [6, 6.07) is 5.76. The van der Waals surface area contributed by atoms with Crippen molar-refractivity contribution < 1.29 is 19.0 Å². The lowest BCUT2D eigenvalue weighted by Gasteiger charge is -2.14. The highest BCUT2D eigenvalue weighted by molar-refractivity contribution is 9.10. The number of methoxy groups -OCH3 is 1. The van der Waals surface area contributed by atoms with Crippen molar-refractivity contribution in [2.45, 2.75) is 26.5 Å². The third-order valence-electron chi connectivity index (χ3n) is 2.55. The lowest BCUT2D eigenvalue weighted by atomic mass is 10.2. The van der Waals surface area contributed by atoms with Gasteiger partial charge in [-0.25, -0.2) is 4.79 Å². The van der Waals surface area contributed by atoms with E-state index < -0.39 is 0 Å². The summed E-state index contributed by atoms with van der Waals surface area (Å²) >= 11 is 3.44. The number of halogens is 1. The molecule has 1 rings (SSSR count). The normalized spacial score (nSPS) is 10.7. The van der Waals surface area contributed by atoms with E-state index in [4.69, 9.17) is 14.2 Å². The second-order valence-corrected chi connectivity index (χ2v) is 5.58. The molecule has 0 fully saturated rings. The molecule has 1 N–H and O–H groups in total. The standard InChI is InChI=1S/C15H22BrNO4/c1-11(2)21-14(18)10-20-15-12(5-4-6-13(15)16)9-17-7-8-19-3/h4-6,11,17H,7-10H2,1-3H3. The van der Waals surface area contributed by atoms with E-state index in [2.05, 4.69) is 21.2 Å². The molecule has 0 heterocycles. The summed E-state index contributed by atoms with van der Waals surface area (Å²) in [6.07, 6.45) is -0.143. The summed E-state index contributed by atoms with van der Waals surface area (Å²) in [6.45, 7) is 5.54. The molecule has 6 heteroatoms. The Morgan fingerprint density at radius 3 is 2.81 bits per heavy atom. The maximum atomic E-state index is 11.6. The number of para-hydroxylation sites is 1. The molecule has 0 unspecified atom stereocenters. The van der Waals surface area contributed by atoms with Gasteiger partial charge in [-0.3, -0.25) is 0 Å². The molecule has 0 saturated heterocycles. The van der Waals surface area contributed by atoms with Gasteiger partial charge in [-0.05, 0) is 35.8 Å². The van der Waals surface area contributed by atoms with Crippen LogP contribution < -0.4 is 10.1 Å². The number of hydrogen-bond donors (Lipinski definition) is 1. The number of carbonyl (C=O) groups is 1. The van der Waals surface area contributed by atoms with Gasteiger partial charge >= 0.3 is 5.97 Å². The molecular weight excluding hydrogens is 338 g/mol. The van der Waals surface area contributed by atoms with Crippen molar-refractivity contribution in [1.82, 2.24) is 5.32 Å². The van der Waals surface area contributed by atoms with Crippen LogP contribution in [-0.2, 0) is 20.8 Å². The first-order chi connectivity index (χ1) is 10.0. The zero-order valence-electron chi connectivity index (χ0n) is 12.6. The average molecular weight is 360 g/mol. The minimum absolute atomic E-state index is 0.105. The Hall–Kier alpha value is -1.11. The second kappa shape index (κ2) is 9.76. The summed E-state index contributed by atoms with van der Waals surface area (Å²) in [5.41, 5.74) is 0.970. The van der Waals surface area contributed by atoms with E-state index in [1.807, 2.05) is 32.0 Å². The van der Waals surface area contributed by atoms with E-state index in [1.54, 1.807) is 7.11 Å². The van der Waals surface area contributed by atoms with E-state index in [0.29, 0.717) is 18.9 Å². The fourth-order valence-electron chi connectivity index (χ4n) is 1.68. The average Bonchev–Trinajstić information content (AvgIpc) is 2.42. The van der Waals surface area contributed by atoms with Gasteiger partial charge in [0, 0.05) is 25.8 Å². The molecule has 5 nitrogen and oxygen atoms in total. The topological polar surface area (TPSA) is 56.8 Å². The van der Waals surface area contributed by atoms with Gasteiger partial charge in [-0.2, -0.15) is 0 Å². The van der Waals surface area contributed by atoms with Crippen LogP contribution >= 0.6 is 15.9 Å². The molecule has 0 bridgehead atoms. The molecule has 21 heavy (non-hydrogen) atoms. The van der Waals surface area contributed by atoms with Gasteiger partial charge in [-0.1, -0.05) is 12.1 Å². The Morgan fingerprint density at radius 1 is 1.38 bits per heavy atom. The third kappa shape index (κ3) is 6.93. The largest absolute Gasteiger partial charge is 0.480 e. The molecule has 0 aliphatic heterocycles. The van der Waals surface area contributed by atoms with E-state index in [0.717, 1.165) is 16.6 Å². The second-order valence-electron chi connectivity index (χ2n) is 4.72. The smallest absolute Gasteiger partial charge is 0.344 e. The first-order valence-electron chi connectivity index (χ1n) is 6.84. The number of rotatable bonds is 9. The molecule has 0 aliphatic carbocycles. The van der Waals surface area contributed by atoms with Crippen LogP contribution in [0.25, 0.3) is 0 Å². The maximum Gasteiger partial charge on any atom is 0.344 e. The maximum absolute atomic E-state index is 11.6. The number of carbonyl (C=O) groups excluding carboxylic acids is 1. The SMILES string of the molecule is COCCNCc1cccc(Br)c1OCC(=O)OC(C)C. The summed E-state index contributed by atoms with van der Waals surface area (Å²) in [5.74, 6) is 0.280. The van der Waals surface area contributed by atoms with E-state index in [-0.39, 0.29) is 18.7 Å². The number of ether oxygens (including phenoxy) is 3. The summed E-state index contributed by atoms with van der Waals surface area (Å²) < 4.78 is 16.4. The molecule has 0 saturated carbocycles. The number of benzene rings is 1.